The predicted octanol–water partition coefficient (Wildman–Crippen LogP) is -0.233. The van der Waals surface area contributed by atoms with Crippen LogP contribution in [-0.2, 0) is 40.9 Å². The molecule has 4 nitrogen and oxygen atoms in total. The Morgan fingerprint density at radius 2 is 0.692 bits per heavy atom. The average Bonchev–Trinajstić information content (AvgIpc) is 2.29. The third-order valence-corrected chi connectivity index (χ3v) is 0.167. The molecule has 13 heavy (non-hydrogen) atoms. The second-order valence-corrected chi connectivity index (χ2v) is 0.471. The molecule has 0 aromatic carbocycles. The molecule has 0 unspecified atom stereocenters. The summed E-state index contributed by atoms with van der Waals surface area (Å²) < 4.78 is 0. The van der Waals surface area contributed by atoms with Crippen molar-refractivity contribution in [2.45, 2.75) is 0 Å². The summed E-state index contributed by atoms with van der Waals surface area (Å²) in [4.78, 5) is 30.0. The van der Waals surface area contributed by atoms with Crippen molar-refractivity contribution >= 4 is 27.2 Å². The zero-order chi connectivity index (χ0) is 11.4. The van der Waals surface area contributed by atoms with Crippen LogP contribution in [0.2, 0.25) is 0 Å². The van der Waals surface area contributed by atoms with E-state index in [1.807, 2.05) is 0 Å². The van der Waals surface area contributed by atoms with E-state index in [1.54, 1.807) is 12.2 Å². The van der Waals surface area contributed by atoms with Gasteiger partial charge in [0, 0.05) is 21.7 Å². The first kappa shape index (κ1) is 40.7. The summed E-state index contributed by atoms with van der Waals surface area (Å²) in [5.41, 5.74) is 0. The van der Waals surface area contributed by atoms with Crippen molar-refractivity contribution in [3.05, 3.63) is 25.3 Å². The first-order valence-corrected chi connectivity index (χ1v) is 1.97. The van der Waals surface area contributed by atoms with Gasteiger partial charge in [-0.15, -0.1) is 0 Å². The Morgan fingerprint density at radius 3 is 0.692 bits per heavy atom. The normalized spacial score (nSPS) is 2.77. The van der Waals surface area contributed by atoms with Crippen molar-refractivity contribution in [2.24, 2.45) is 0 Å². The molecule has 0 amide bonds. The molecule has 5 heteroatoms. The van der Waals surface area contributed by atoms with Crippen LogP contribution in [0.5, 0.6) is 0 Å². The van der Waals surface area contributed by atoms with Gasteiger partial charge in [0.05, 0.1) is 0 Å². The van der Waals surface area contributed by atoms with Gasteiger partial charge in [0.2, 0.25) is 0 Å². The first-order chi connectivity index (χ1) is 5.91. The monoisotopic (exact) mass is 214 g/mol. The molecule has 0 fully saturated rings. The molecule has 0 atom stereocenters. The fourth-order valence-corrected chi connectivity index (χ4v) is 0. The minimum Gasteiger partial charge on any atom is -0.281 e. The van der Waals surface area contributed by atoms with Crippen LogP contribution in [0.1, 0.15) is 0 Å². The van der Waals surface area contributed by atoms with Crippen molar-refractivity contribution in [1.29, 1.82) is 0 Å². The van der Waals surface area contributed by atoms with E-state index in [-0.39, 0.29) is 21.7 Å². The molecule has 0 saturated carbocycles. The van der Waals surface area contributed by atoms with Gasteiger partial charge in [-0.3, -0.25) is 19.2 Å². The molecular weight excluding hydrogens is 208 g/mol. The molecule has 0 aromatic heterocycles. The fraction of sp³-hybridized carbons (Fsp3) is 0. The standard InChI is InChI=1S/C4H6.4CO.Ti/c1-3-4-2;4*1-2;/h3-4H,1-2H2;;;;;. The fourth-order valence-electron chi connectivity index (χ4n) is 0. The van der Waals surface area contributed by atoms with Crippen LogP contribution in [0.25, 0.3) is 0 Å². The third kappa shape index (κ3) is 54200. The van der Waals surface area contributed by atoms with Crippen LogP contribution in [0.3, 0.4) is 0 Å². The molecular formula is C8H6O4Ti. The van der Waals surface area contributed by atoms with Crippen LogP contribution in [-0.4, -0.2) is 27.2 Å². The summed E-state index contributed by atoms with van der Waals surface area (Å²) in [5, 5.41) is 0. The minimum atomic E-state index is 0. The maximum absolute atomic E-state index is 7.50. The van der Waals surface area contributed by atoms with Crippen LogP contribution >= 0.6 is 0 Å². The number of carbonyl (C=O) groups excluding carboxylic acids is 4. The zero-order valence-electron chi connectivity index (χ0n) is 6.70. The quantitative estimate of drug-likeness (QED) is 0.446. The van der Waals surface area contributed by atoms with E-state index >= 15 is 0 Å². The summed E-state index contributed by atoms with van der Waals surface area (Å²) in [6.45, 7) is 24.7. The summed E-state index contributed by atoms with van der Waals surface area (Å²) in [5.74, 6) is 0. The van der Waals surface area contributed by atoms with E-state index in [0.717, 1.165) is 0 Å². The van der Waals surface area contributed by atoms with E-state index in [2.05, 4.69) is 40.3 Å². The van der Waals surface area contributed by atoms with Gasteiger partial charge in [0.25, 0.3) is 27.2 Å². The predicted molar refractivity (Wildman–Crippen MR) is 43.2 cm³/mol. The largest absolute Gasteiger partial charge is 0.281 e. The Hall–Kier alpha value is -1.13. The van der Waals surface area contributed by atoms with Gasteiger partial charge in [0.15, 0.2) is 0 Å². The van der Waals surface area contributed by atoms with E-state index in [4.69, 9.17) is 19.2 Å². The van der Waals surface area contributed by atoms with Gasteiger partial charge in [-0.05, 0) is 0 Å². The molecule has 0 spiro atoms. The SMILES string of the molecule is C=CC=C.[C]=O.[C]=O.[C]=O.[C]=O.[Ti]. The summed E-state index contributed by atoms with van der Waals surface area (Å²) in [7, 11) is 0. The maximum Gasteiger partial charge on any atom is 0.281 e. The van der Waals surface area contributed by atoms with Crippen LogP contribution in [0.4, 0.5) is 0 Å². The zero-order valence-corrected chi connectivity index (χ0v) is 8.26. The minimum absolute atomic E-state index is 0. The van der Waals surface area contributed by atoms with Crippen LogP contribution < -0.4 is 0 Å². The van der Waals surface area contributed by atoms with E-state index in [0.29, 0.717) is 0 Å². The van der Waals surface area contributed by atoms with Gasteiger partial charge < -0.3 is 0 Å². The Kier molecular flexibility index (Phi) is 4340. The Labute approximate surface area is 93.6 Å². The van der Waals surface area contributed by atoms with E-state index in [1.165, 1.54) is 0 Å². The Morgan fingerprint density at radius 1 is 0.615 bits per heavy atom. The van der Waals surface area contributed by atoms with Crippen LogP contribution in [0, 0.1) is 0 Å². The van der Waals surface area contributed by atoms with Crippen molar-refractivity contribution in [3.63, 3.8) is 0 Å². The molecule has 66 valence electrons. The van der Waals surface area contributed by atoms with Crippen molar-refractivity contribution in [1.82, 2.24) is 0 Å². The van der Waals surface area contributed by atoms with Gasteiger partial charge in [-0.1, -0.05) is 25.3 Å². The van der Waals surface area contributed by atoms with Crippen LogP contribution in [0.15, 0.2) is 25.3 Å². The van der Waals surface area contributed by atoms with Gasteiger partial charge in [-0.25, -0.2) is 0 Å². The molecule has 0 rings (SSSR count). The molecule has 0 aliphatic rings. The maximum atomic E-state index is 7.50. The van der Waals surface area contributed by atoms with Crippen molar-refractivity contribution in [2.75, 3.05) is 0 Å². The number of hydrogen-bond acceptors (Lipinski definition) is 4. The van der Waals surface area contributed by atoms with Crippen molar-refractivity contribution < 1.29 is 40.9 Å². The van der Waals surface area contributed by atoms with Gasteiger partial charge >= 0.3 is 0 Å². The number of rotatable bonds is 1. The topological polar surface area (TPSA) is 68.3 Å². The molecule has 0 aromatic rings. The Bertz CT molecular complexity index is 64.5. The summed E-state index contributed by atoms with van der Waals surface area (Å²) in [6.07, 6.45) is 3.28. The third-order valence-electron chi connectivity index (χ3n) is 0.167. The molecule has 0 N–H and O–H groups in total. The molecule has 0 aliphatic carbocycles. The molecule has 0 saturated heterocycles. The molecule has 0 heterocycles. The summed E-state index contributed by atoms with van der Waals surface area (Å²) in [6, 6.07) is 0. The average molecular weight is 214 g/mol. The molecule has 8 radical (unpaired) electrons. The number of allylic oxidation sites excluding steroid dienone is 2. The van der Waals surface area contributed by atoms with E-state index in [9.17, 15) is 0 Å². The second kappa shape index (κ2) is 1390. The van der Waals surface area contributed by atoms with Gasteiger partial charge in [0.1, 0.15) is 0 Å². The molecule has 0 bridgehead atoms. The first-order valence-electron chi connectivity index (χ1n) is 1.97. The Balaban J connectivity index is -0.0000000122. The smallest absolute Gasteiger partial charge is 0.281 e. The van der Waals surface area contributed by atoms with Crippen molar-refractivity contribution in [3.8, 4) is 0 Å². The van der Waals surface area contributed by atoms with E-state index < -0.39 is 0 Å². The number of hydrogen-bond donors (Lipinski definition) is 0. The second-order valence-electron chi connectivity index (χ2n) is 0.471. The summed E-state index contributed by atoms with van der Waals surface area (Å²) >= 11 is 0. The van der Waals surface area contributed by atoms with Gasteiger partial charge in [-0.2, -0.15) is 0 Å². The molecule has 0 aliphatic heterocycles.